The van der Waals surface area contributed by atoms with Gasteiger partial charge in [-0.15, -0.1) is 0 Å². The Labute approximate surface area is 178 Å². The Morgan fingerprint density at radius 2 is 1.52 bits per heavy atom. The van der Waals surface area contributed by atoms with Crippen LogP contribution in [0.25, 0.3) is 0 Å². The molecule has 1 aliphatic heterocycles. The van der Waals surface area contributed by atoms with Gasteiger partial charge in [-0.3, -0.25) is 9.59 Å². The van der Waals surface area contributed by atoms with E-state index in [2.05, 4.69) is 5.32 Å². The highest BCUT2D eigenvalue weighted by Crippen LogP contribution is 2.42. The van der Waals surface area contributed by atoms with Crippen molar-refractivity contribution in [3.63, 3.8) is 0 Å². The van der Waals surface area contributed by atoms with Crippen LogP contribution in [0.3, 0.4) is 0 Å². The molecule has 2 aliphatic rings. The van der Waals surface area contributed by atoms with Crippen molar-refractivity contribution in [3.8, 4) is 0 Å². The van der Waals surface area contributed by atoms with Gasteiger partial charge in [0.25, 0.3) is 0 Å². The molecule has 5 rings (SSSR count). The van der Waals surface area contributed by atoms with Crippen molar-refractivity contribution >= 4 is 34.3 Å². The van der Waals surface area contributed by atoms with Crippen molar-refractivity contribution in [1.29, 1.82) is 0 Å². The van der Waals surface area contributed by atoms with Gasteiger partial charge in [0.2, 0.25) is 0 Å². The van der Waals surface area contributed by atoms with Crippen LogP contribution in [0.5, 0.6) is 0 Å². The summed E-state index contributed by atoms with van der Waals surface area (Å²) in [7, 11) is 0. The summed E-state index contributed by atoms with van der Waals surface area (Å²) in [6.45, 7) is 2.34. The lowest BCUT2D eigenvalue weighted by Gasteiger charge is -2.32. The first-order valence-electron chi connectivity index (χ1n) is 10.0. The molecular formula is C24H20FN3O3. The van der Waals surface area contributed by atoms with Crippen LogP contribution in [0, 0.1) is 5.82 Å². The van der Waals surface area contributed by atoms with E-state index in [9.17, 15) is 14.0 Å². The number of hydrogen-bond donors (Lipinski definition) is 2. The number of nitrogens with one attached hydrogen (secondary N) is 1. The number of carbonyl (C=O) groups excluding carboxylic acids is 2. The van der Waals surface area contributed by atoms with Gasteiger partial charge in [-0.1, -0.05) is 24.3 Å². The maximum atomic E-state index is 13.4. The van der Waals surface area contributed by atoms with E-state index in [0.29, 0.717) is 54.5 Å². The van der Waals surface area contributed by atoms with Crippen LogP contribution >= 0.6 is 0 Å². The second kappa shape index (κ2) is 7.52. The zero-order chi connectivity index (χ0) is 21.5. The molecule has 0 spiro atoms. The monoisotopic (exact) mass is 417 g/mol. The van der Waals surface area contributed by atoms with Gasteiger partial charge in [0.1, 0.15) is 5.82 Å². The Morgan fingerprint density at radius 3 is 2.16 bits per heavy atom. The Hall–Kier alpha value is -3.71. The molecular weight excluding hydrogens is 397 g/mol. The van der Waals surface area contributed by atoms with Gasteiger partial charge in [0.05, 0.1) is 41.4 Å². The summed E-state index contributed by atoms with van der Waals surface area (Å²) in [6, 6.07) is 14.4. The predicted octanol–water partition coefficient (Wildman–Crippen LogP) is 3.76. The zero-order valence-electron chi connectivity index (χ0n) is 16.7. The van der Waals surface area contributed by atoms with Crippen LogP contribution < -0.4 is 16.0 Å². The number of fused-ring (bicyclic) bond motifs is 2. The van der Waals surface area contributed by atoms with Gasteiger partial charge in [-0.2, -0.15) is 0 Å². The number of benzene rings is 3. The van der Waals surface area contributed by atoms with Crippen LogP contribution in [0.2, 0.25) is 0 Å². The zero-order valence-corrected chi connectivity index (χ0v) is 16.7. The SMILES string of the molecule is Nc1c(N2CCOCC2)cc(Nc2ccc(F)cc2)c2c1C(=O)c1ccccc1C2=O. The van der Waals surface area contributed by atoms with Crippen molar-refractivity contribution in [1.82, 2.24) is 0 Å². The van der Waals surface area contributed by atoms with Crippen LogP contribution in [0.4, 0.5) is 27.1 Å². The number of morpholine rings is 1. The molecule has 1 aliphatic carbocycles. The molecule has 1 saturated heterocycles. The molecule has 0 amide bonds. The first-order valence-corrected chi connectivity index (χ1v) is 10.0. The molecule has 3 aromatic rings. The summed E-state index contributed by atoms with van der Waals surface area (Å²) in [5, 5.41) is 3.19. The van der Waals surface area contributed by atoms with Gasteiger partial charge in [0.15, 0.2) is 11.6 Å². The minimum atomic E-state index is -0.362. The average Bonchev–Trinajstić information content (AvgIpc) is 2.80. The topological polar surface area (TPSA) is 84.7 Å². The fourth-order valence-corrected chi connectivity index (χ4v) is 4.16. The third-order valence-corrected chi connectivity index (χ3v) is 5.69. The maximum absolute atomic E-state index is 13.4. The number of rotatable bonds is 3. The highest BCUT2D eigenvalue weighted by atomic mass is 19.1. The van der Waals surface area contributed by atoms with Gasteiger partial charge in [-0.05, 0) is 30.3 Å². The van der Waals surface area contributed by atoms with Gasteiger partial charge in [-0.25, -0.2) is 4.39 Å². The van der Waals surface area contributed by atoms with Crippen LogP contribution in [-0.4, -0.2) is 37.9 Å². The van der Waals surface area contributed by atoms with Crippen LogP contribution in [0.15, 0.2) is 54.6 Å². The molecule has 0 bridgehead atoms. The van der Waals surface area contributed by atoms with Crippen molar-refractivity contribution in [2.45, 2.75) is 0 Å². The second-order valence-corrected chi connectivity index (χ2v) is 7.54. The van der Waals surface area contributed by atoms with E-state index in [1.165, 1.54) is 12.1 Å². The number of halogens is 1. The Bertz CT molecular complexity index is 1200. The summed E-state index contributed by atoms with van der Waals surface area (Å²) in [6.07, 6.45) is 0. The largest absolute Gasteiger partial charge is 0.396 e. The summed E-state index contributed by atoms with van der Waals surface area (Å²) in [5.41, 5.74) is 9.65. The molecule has 0 radical (unpaired) electrons. The van der Waals surface area contributed by atoms with E-state index in [1.807, 2.05) is 4.90 Å². The fraction of sp³-hybridized carbons (Fsp3) is 0.167. The number of hydrogen-bond acceptors (Lipinski definition) is 6. The first kappa shape index (κ1) is 19.3. The lowest BCUT2D eigenvalue weighted by atomic mass is 9.81. The number of nitrogen functional groups attached to an aromatic ring is 1. The van der Waals surface area contributed by atoms with Crippen LogP contribution in [0.1, 0.15) is 31.8 Å². The third-order valence-electron chi connectivity index (χ3n) is 5.69. The Morgan fingerprint density at radius 1 is 0.903 bits per heavy atom. The lowest BCUT2D eigenvalue weighted by Crippen LogP contribution is -2.37. The van der Waals surface area contributed by atoms with E-state index in [1.54, 1.807) is 42.5 Å². The van der Waals surface area contributed by atoms with Crippen molar-refractivity contribution in [2.75, 3.05) is 42.3 Å². The smallest absolute Gasteiger partial charge is 0.196 e. The number of nitrogens with zero attached hydrogens (tertiary/aromatic N) is 1. The molecule has 0 saturated carbocycles. The minimum Gasteiger partial charge on any atom is -0.396 e. The van der Waals surface area contributed by atoms with Crippen molar-refractivity contribution in [2.24, 2.45) is 0 Å². The summed E-state index contributed by atoms with van der Waals surface area (Å²) >= 11 is 0. The Balaban J connectivity index is 1.71. The molecule has 1 fully saturated rings. The molecule has 0 atom stereocenters. The van der Waals surface area contributed by atoms with Gasteiger partial charge < -0.3 is 20.7 Å². The normalized spacial score (nSPS) is 15.5. The van der Waals surface area contributed by atoms with Crippen molar-refractivity contribution in [3.05, 3.63) is 82.7 Å². The van der Waals surface area contributed by atoms with E-state index in [4.69, 9.17) is 10.5 Å². The number of carbonyl (C=O) groups is 2. The predicted molar refractivity (Wildman–Crippen MR) is 117 cm³/mol. The maximum Gasteiger partial charge on any atom is 0.196 e. The number of ether oxygens (including phenoxy) is 1. The van der Waals surface area contributed by atoms with Gasteiger partial charge >= 0.3 is 0 Å². The number of anilines is 4. The molecule has 156 valence electrons. The molecule has 3 N–H and O–H groups in total. The van der Waals surface area contributed by atoms with E-state index >= 15 is 0 Å². The summed E-state index contributed by atoms with van der Waals surface area (Å²) < 4.78 is 18.8. The molecule has 1 heterocycles. The minimum absolute atomic E-state index is 0.206. The molecule has 3 aromatic carbocycles. The molecule has 31 heavy (non-hydrogen) atoms. The van der Waals surface area contributed by atoms with E-state index in [-0.39, 0.29) is 34.2 Å². The van der Waals surface area contributed by atoms with Gasteiger partial charge in [0, 0.05) is 29.9 Å². The Kier molecular flexibility index (Phi) is 4.67. The molecule has 7 heteroatoms. The number of ketones is 2. The fourth-order valence-electron chi connectivity index (χ4n) is 4.16. The number of nitrogens with two attached hydrogens (primary N) is 1. The average molecular weight is 417 g/mol. The van der Waals surface area contributed by atoms with E-state index < -0.39 is 0 Å². The summed E-state index contributed by atoms with van der Waals surface area (Å²) in [4.78, 5) is 28.9. The standard InChI is InChI=1S/C24H20FN3O3/c25-14-5-7-15(8-6-14)27-18-13-19(28-9-11-31-12-10-28)22(26)21-20(18)23(29)16-3-1-2-4-17(16)24(21)30/h1-8,13,27H,9-12,26H2. The third kappa shape index (κ3) is 3.23. The molecule has 0 aromatic heterocycles. The summed E-state index contributed by atoms with van der Waals surface area (Å²) in [5.74, 6) is -0.908. The first-order chi connectivity index (χ1) is 15.0. The highest BCUT2D eigenvalue weighted by molar-refractivity contribution is 6.32. The van der Waals surface area contributed by atoms with Crippen LogP contribution in [-0.2, 0) is 4.74 Å². The molecule has 6 nitrogen and oxygen atoms in total. The highest BCUT2D eigenvalue weighted by Gasteiger charge is 2.35. The quantitative estimate of drug-likeness (QED) is 0.494. The second-order valence-electron chi connectivity index (χ2n) is 7.54. The lowest BCUT2D eigenvalue weighted by molar-refractivity contribution is 0.0980. The van der Waals surface area contributed by atoms with Crippen molar-refractivity contribution < 1.29 is 18.7 Å². The van der Waals surface area contributed by atoms with E-state index in [0.717, 1.165) is 0 Å². The molecule has 0 unspecified atom stereocenters.